The van der Waals surface area contributed by atoms with Gasteiger partial charge >= 0.3 is 0 Å². The number of oxime groups is 1. The Labute approximate surface area is 168 Å². The van der Waals surface area contributed by atoms with E-state index in [9.17, 15) is 0 Å². The van der Waals surface area contributed by atoms with Gasteiger partial charge in [-0.25, -0.2) is 9.97 Å². The first-order valence-electron chi connectivity index (χ1n) is 9.21. The molecule has 148 valence electrons. The number of fused-ring (bicyclic) bond motifs is 1. The van der Waals surface area contributed by atoms with Crippen molar-refractivity contribution in [1.82, 2.24) is 24.3 Å². The zero-order valence-corrected chi connectivity index (χ0v) is 16.6. The van der Waals surface area contributed by atoms with Crippen LogP contribution in [0.4, 0.5) is 0 Å². The van der Waals surface area contributed by atoms with E-state index in [2.05, 4.69) is 36.9 Å². The number of imidazole rings is 1. The quantitative estimate of drug-likeness (QED) is 0.358. The fourth-order valence-electron chi connectivity index (χ4n) is 3.14. The maximum Gasteiger partial charge on any atom is 0.152 e. The van der Waals surface area contributed by atoms with Crippen molar-refractivity contribution in [3.05, 3.63) is 72.1 Å². The minimum atomic E-state index is 0.417. The molecule has 0 aliphatic carbocycles. The molecule has 0 saturated heterocycles. The smallest absolute Gasteiger partial charge is 0.152 e. The van der Waals surface area contributed by atoms with Crippen LogP contribution in [0.2, 0.25) is 0 Å². The number of rotatable bonds is 7. The minimum absolute atomic E-state index is 0.417. The highest BCUT2D eigenvalue weighted by Gasteiger charge is 2.08. The van der Waals surface area contributed by atoms with Gasteiger partial charge in [0.2, 0.25) is 0 Å². The third-order valence-electron chi connectivity index (χ3n) is 4.69. The third-order valence-corrected chi connectivity index (χ3v) is 4.69. The molecule has 0 amide bonds. The summed E-state index contributed by atoms with van der Waals surface area (Å²) < 4.78 is 9.57. The largest absolute Gasteiger partial charge is 0.399 e. The Kier molecular flexibility index (Phi) is 5.35. The molecule has 8 heteroatoms. The van der Waals surface area contributed by atoms with Crippen LogP contribution < -0.4 is 0 Å². The van der Waals surface area contributed by atoms with Crippen LogP contribution in [-0.2, 0) is 29.8 Å². The number of ether oxygens (including phenoxy) is 1. The minimum Gasteiger partial charge on any atom is -0.399 e. The fourth-order valence-corrected chi connectivity index (χ4v) is 3.14. The van der Waals surface area contributed by atoms with Gasteiger partial charge in [0.05, 0.1) is 23.4 Å². The number of benzene rings is 2. The molecular formula is C21H22N6O2. The van der Waals surface area contributed by atoms with E-state index in [0.29, 0.717) is 13.2 Å². The molecule has 2 aromatic heterocycles. The average Bonchev–Trinajstić information content (AvgIpc) is 3.34. The topological polar surface area (TPSA) is 79.3 Å². The summed E-state index contributed by atoms with van der Waals surface area (Å²) in [6.07, 6.45) is 3.36. The molecule has 0 bridgehead atoms. The molecule has 4 aromatic rings. The van der Waals surface area contributed by atoms with Crippen LogP contribution in [0.5, 0.6) is 0 Å². The van der Waals surface area contributed by atoms with Crippen LogP contribution in [0.3, 0.4) is 0 Å². The van der Waals surface area contributed by atoms with E-state index < -0.39 is 0 Å². The second-order valence-corrected chi connectivity index (χ2v) is 6.64. The van der Waals surface area contributed by atoms with Crippen molar-refractivity contribution < 1.29 is 9.57 Å². The van der Waals surface area contributed by atoms with Crippen molar-refractivity contribution >= 4 is 16.7 Å². The van der Waals surface area contributed by atoms with E-state index in [-0.39, 0.29) is 0 Å². The van der Waals surface area contributed by atoms with Crippen LogP contribution in [0, 0.1) is 0 Å². The van der Waals surface area contributed by atoms with Crippen molar-refractivity contribution in [3.8, 4) is 5.69 Å². The molecule has 29 heavy (non-hydrogen) atoms. The first-order valence-corrected chi connectivity index (χ1v) is 9.21. The number of aromatic nitrogens is 5. The van der Waals surface area contributed by atoms with E-state index in [4.69, 9.17) is 9.57 Å². The van der Waals surface area contributed by atoms with Crippen molar-refractivity contribution in [2.75, 3.05) is 7.11 Å². The molecule has 0 saturated carbocycles. The number of nitrogens with zero attached hydrogens (tertiary/aromatic N) is 6. The number of hydrogen-bond donors (Lipinski definition) is 0. The molecule has 0 aliphatic rings. The maximum absolute atomic E-state index is 5.80. The maximum atomic E-state index is 5.80. The fraction of sp³-hybridized carbons (Fsp3) is 0.238. The Morgan fingerprint density at radius 3 is 2.79 bits per heavy atom. The zero-order chi connectivity index (χ0) is 20.2. The standard InChI is InChI=1S/C21H22N6O2/c1-15(25-28-3)17-7-8-20-19(10-17)23-14-27(20)18-6-4-5-16(9-18)11-29-12-21-22-13-24-26(21)2/h4-10,13-14H,11-12H2,1-3H3. The molecule has 0 aliphatic heterocycles. The number of hydrogen-bond acceptors (Lipinski definition) is 6. The molecule has 2 heterocycles. The Bertz CT molecular complexity index is 1160. The van der Waals surface area contributed by atoms with Gasteiger partial charge in [0, 0.05) is 18.3 Å². The highest BCUT2D eigenvalue weighted by molar-refractivity contribution is 6.00. The molecule has 0 atom stereocenters. The van der Waals surface area contributed by atoms with Gasteiger partial charge in [0.15, 0.2) is 5.82 Å². The predicted octanol–water partition coefficient (Wildman–Crippen LogP) is 3.24. The van der Waals surface area contributed by atoms with Gasteiger partial charge in [0.25, 0.3) is 0 Å². The Morgan fingerprint density at radius 1 is 1.10 bits per heavy atom. The summed E-state index contributed by atoms with van der Waals surface area (Å²) >= 11 is 0. The molecule has 0 unspecified atom stereocenters. The zero-order valence-electron chi connectivity index (χ0n) is 16.6. The molecule has 4 rings (SSSR count). The lowest BCUT2D eigenvalue weighted by Gasteiger charge is -2.08. The number of aryl methyl sites for hydroxylation is 1. The first-order chi connectivity index (χ1) is 14.2. The summed E-state index contributed by atoms with van der Waals surface area (Å²) in [5.41, 5.74) is 5.82. The van der Waals surface area contributed by atoms with Gasteiger partial charge in [-0.05, 0) is 36.8 Å². The van der Waals surface area contributed by atoms with E-state index in [1.807, 2.05) is 50.6 Å². The van der Waals surface area contributed by atoms with Crippen LogP contribution in [0.25, 0.3) is 16.7 Å². The first kappa shape index (κ1) is 18.8. The monoisotopic (exact) mass is 390 g/mol. The van der Waals surface area contributed by atoms with Gasteiger partial charge < -0.3 is 9.57 Å². The Balaban J connectivity index is 1.54. The summed E-state index contributed by atoms with van der Waals surface area (Å²) in [6, 6.07) is 14.3. The van der Waals surface area contributed by atoms with Crippen molar-refractivity contribution in [2.45, 2.75) is 20.1 Å². The van der Waals surface area contributed by atoms with Gasteiger partial charge in [-0.1, -0.05) is 23.4 Å². The summed E-state index contributed by atoms with van der Waals surface area (Å²) in [5.74, 6) is 0.796. The molecule has 0 spiro atoms. The van der Waals surface area contributed by atoms with E-state index in [1.165, 1.54) is 6.33 Å². The van der Waals surface area contributed by atoms with Crippen LogP contribution in [0.15, 0.2) is 60.3 Å². The normalized spacial score (nSPS) is 11.9. The Morgan fingerprint density at radius 2 is 2.00 bits per heavy atom. The lowest BCUT2D eigenvalue weighted by molar-refractivity contribution is 0.0993. The van der Waals surface area contributed by atoms with E-state index >= 15 is 0 Å². The SMILES string of the molecule is CON=C(C)c1ccc2c(c1)ncn2-c1cccc(COCc2ncnn2C)c1. The van der Waals surface area contributed by atoms with E-state index in [0.717, 1.165) is 39.4 Å². The van der Waals surface area contributed by atoms with Gasteiger partial charge in [-0.3, -0.25) is 9.25 Å². The molecule has 0 N–H and O–H groups in total. The van der Waals surface area contributed by atoms with Crippen molar-refractivity contribution in [3.63, 3.8) is 0 Å². The molecule has 0 radical (unpaired) electrons. The van der Waals surface area contributed by atoms with E-state index in [1.54, 1.807) is 11.8 Å². The highest BCUT2D eigenvalue weighted by Crippen LogP contribution is 2.21. The average molecular weight is 390 g/mol. The molecular weight excluding hydrogens is 368 g/mol. The van der Waals surface area contributed by atoms with Crippen LogP contribution in [-0.4, -0.2) is 37.1 Å². The second-order valence-electron chi connectivity index (χ2n) is 6.64. The lowest BCUT2D eigenvalue weighted by atomic mass is 10.1. The summed E-state index contributed by atoms with van der Waals surface area (Å²) in [5, 5.41) is 8.04. The van der Waals surface area contributed by atoms with Crippen molar-refractivity contribution in [1.29, 1.82) is 0 Å². The van der Waals surface area contributed by atoms with Gasteiger partial charge in [-0.2, -0.15) is 5.10 Å². The Hall–Kier alpha value is -3.52. The van der Waals surface area contributed by atoms with Crippen LogP contribution >= 0.6 is 0 Å². The second kappa shape index (κ2) is 8.24. The third kappa shape index (κ3) is 4.02. The highest BCUT2D eigenvalue weighted by atomic mass is 16.6. The summed E-state index contributed by atoms with van der Waals surface area (Å²) in [7, 11) is 3.39. The molecule has 2 aromatic carbocycles. The van der Waals surface area contributed by atoms with Gasteiger partial charge in [0.1, 0.15) is 26.4 Å². The molecule has 8 nitrogen and oxygen atoms in total. The van der Waals surface area contributed by atoms with Crippen molar-refractivity contribution in [2.24, 2.45) is 12.2 Å². The molecule has 0 fully saturated rings. The predicted molar refractivity (Wildman–Crippen MR) is 110 cm³/mol. The lowest BCUT2D eigenvalue weighted by Crippen LogP contribution is -2.03. The van der Waals surface area contributed by atoms with Crippen LogP contribution in [0.1, 0.15) is 23.9 Å². The summed E-state index contributed by atoms with van der Waals surface area (Å²) in [4.78, 5) is 13.6. The van der Waals surface area contributed by atoms with Gasteiger partial charge in [-0.15, -0.1) is 0 Å². The summed E-state index contributed by atoms with van der Waals surface area (Å²) in [6.45, 7) is 2.82.